The minimum atomic E-state index is 0.181. The number of rotatable bonds is 6. The van der Waals surface area contributed by atoms with E-state index in [0.29, 0.717) is 12.5 Å². The van der Waals surface area contributed by atoms with Gasteiger partial charge in [-0.1, -0.05) is 19.1 Å². The molecule has 0 bridgehead atoms. The van der Waals surface area contributed by atoms with Crippen molar-refractivity contribution >= 4 is 11.8 Å². The molecule has 0 aliphatic rings. The van der Waals surface area contributed by atoms with Crippen molar-refractivity contribution in [3.63, 3.8) is 0 Å². The van der Waals surface area contributed by atoms with E-state index in [1.807, 2.05) is 0 Å². The van der Waals surface area contributed by atoms with Crippen LogP contribution in [0.3, 0.4) is 0 Å². The van der Waals surface area contributed by atoms with Gasteiger partial charge in [0.15, 0.2) is 0 Å². The Balaban J connectivity index is 2.58. The lowest BCUT2D eigenvalue weighted by molar-refractivity contribution is 0.187. The maximum absolute atomic E-state index is 9.17. The lowest BCUT2D eigenvalue weighted by atomic mass is 9.89. The van der Waals surface area contributed by atoms with Gasteiger partial charge in [-0.2, -0.15) is 0 Å². The fourth-order valence-electron chi connectivity index (χ4n) is 1.79. The summed E-state index contributed by atoms with van der Waals surface area (Å²) in [5.74, 6) is 0.635. The normalized spacial score (nSPS) is 14.8. The standard InChI is InChI=1S/C13H21NOS/c1-10(12(8-14)9-15)7-11-3-5-13(16-2)6-4-11/h3-6,10,12,15H,7-9,14H2,1-2H3. The average Bonchev–Trinajstić information content (AvgIpc) is 2.31. The quantitative estimate of drug-likeness (QED) is 0.748. The van der Waals surface area contributed by atoms with Crippen molar-refractivity contribution in [2.75, 3.05) is 19.4 Å². The lowest BCUT2D eigenvalue weighted by Gasteiger charge is -2.20. The molecule has 2 unspecified atom stereocenters. The first-order valence-electron chi connectivity index (χ1n) is 5.65. The molecule has 3 N–H and O–H groups in total. The molecule has 0 aromatic heterocycles. The van der Waals surface area contributed by atoms with E-state index in [9.17, 15) is 5.11 Å². The number of thioether (sulfide) groups is 1. The predicted octanol–water partition coefficient (Wildman–Crippen LogP) is 2.15. The number of nitrogens with two attached hydrogens (primary N) is 1. The van der Waals surface area contributed by atoms with E-state index in [4.69, 9.17) is 5.73 Å². The molecule has 0 spiro atoms. The minimum absolute atomic E-state index is 0.181. The third-order valence-electron chi connectivity index (χ3n) is 3.06. The van der Waals surface area contributed by atoms with Crippen LogP contribution in [0.1, 0.15) is 12.5 Å². The summed E-state index contributed by atoms with van der Waals surface area (Å²) in [7, 11) is 0. The Hall–Kier alpha value is -0.510. The van der Waals surface area contributed by atoms with Gasteiger partial charge in [-0.3, -0.25) is 0 Å². The van der Waals surface area contributed by atoms with Gasteiger partial charge in [-0.05, 0) is 48.8 Å². The summed E-state index contributed by atoms with van der Waals surface area (Å²) in [6.07, 6.45) is 3.06. The molecule has 0 aliphatic carbocycles. The summed E-state index contributed by atoms with van der Waals surface area (Å²) >= 11 is 1.75. The smallest absolute Gasteiger partial charge is 0.0474 e. The Labute approximate surface area is 102 Å². The van der Waals surface area contributed by atoms with Crippen LogP contribution >= 0.6 is 11.8 Å². The second kappa shape index (κ2) is 6.94. The van der Waals surface area contributed by atoms with Gasteiger partial charge in [-0.25, -0.2) is 0 Å². The monoisotopic (exact) mass is 239 g/mol. The third-order valence-corrected chi connectivity index (χ3v) is 3.80. The van der Waals surface area contributed by atoms with Crippen molar-refractivity contribution in [2.45, 2.75) is 18.2 Å². The van der Waals surface area contributed by atoms with Crippen molar-refractivity contribution in [1.82, 2.24) is 0 Å². The summed E-state index contributed by atoms with van der Waals surface area (Å²) in [6, 6.07) is 8.60. The molecule has 2 nitrogen and oxygen atoms in total. The summed E-state index contributed by atoms with van der Waals surface area (Å²) < 4.78 is 0. The largest absolute Gasteiger partial charge is 0.396 e. The first-order valence-corrected chi connectivity index (χ1v) is 6.87. The molecule has 90 valence electrons. The first kappa shape index (κ1) is 13.6. The fourth-order valence-corrected chi connectivity index (χ4v) is 2.20. The zero-order valence-electron chi connectivity index (χ0n) is 10.0. The molecule has 0 fully saturated rings. The van der Waals surface area contributed by atoms with E-state index in [0.717, 1.165) is 6.42 Å². The number of hydrogen-bond donors (Lipinski definition) is 2. The van der Waals surface area contributed by atoms with Crippen LogP contribution in [-0.4, -0.2) is 24.5 Å². The SMILES string of the molecule is CSc1ccc(CC(C)C(CN)CO)cc1. The zero-order valence-corrected chi connectivity index (χ0v) is 10.8. The predicted molar refractivity (Wildman–Crippen MR) is 70.7 cm³/mol. The van der Waals surface area contributed by atoms with Gasteiger partial charge in [0, 0.05) is 11.5 Å². The van der Waals surface area contributed by atoms with Crippen LogP contribution in [0.25, 0.3) is 0 Å². The van der Waals surface area contributed by atoms with E-state index in [-0.39, 0.29) is 12.5 Å². The molecule has 1 rings (SSSR count). The van der Waals surface area contributed by atoms with E-state index < -0.39 is 0 Å². The van der Waals surface area contributed by atoms with Crippen molar-refractivity contribution < 1.29 is 5.11 Å². The molecule has 2 atom stereocenters. The van der Waals surface area contributed by atoms with Gasteiger partial charge in [0.05, 0.1) is 0 Å². The van der Waals surface area contributed by atoms with Crippen molar-refractivity contribution in [2.24, 2.45) is 17.6 Å². The maximum atomic E-state index is 9.17. The van der Waals surface area contributed by atoms with Crippen LogP contribution < -0.4 is 5.73 Å². The molecule has 0 aliphatic heterocycles. The van der Waals surface area contributed by atoms with Gasteiger partial charge in [0.1, 0.15) is 0 Å². The van der Waals surface area contributed by atoms with Crippen LogP contribution in [0.15, 0.2) is 29.2 Å². The van der Waals surface area contributed by atoms with Gasteiger partial charge in [0.25, 0.3) is 0 Å². The highest BCUT2D eigenvalue weighted by Crippen LogP contribution is 2.19. The van der Waals surface area contributed by atoms with E-state index in [1.165, 1.54) is 10.5 Å². The highest BCUT2D eigenvalue weighted by molar-refractivity contribution is 7.98. The van der Waals surface area contributed by atoms with Gasteiger partial charge in [-0.15, -0.1) is 11.8 Å². The first-order chi connectivity index (χ1) is 7.71. The van der Waals surface area contributed by atoms with Gasteiger partial charge < -0.3 is 10.8 Å². The summed E-state index contributed by atoms with van der Waals surface area (Å²) in [5.41, 5.74) is 6.94. The zero-order chi connectivity index (χ0) is 12.0. The van der Waals surface area contributed by atoms with E-state index >= 15 is 0 Å². The molecule has 16 heavy (non-hydrogen) atoms. The summed E-state index contributed by atoms with van der Waals surface area (Å²) in [5, 5.41) is 9.17. The van der Waals surface area contributed by atoms with Crippen molar-refractivity contribution in [3.05, 3.63) is 29.8 Å². The number of benzene rings is 1. The Bertz CT molecular complexity index is 295. The summed E-state index contributed by atoms with van der Waals surface area (Å²) in [6.45, 7) is 2.89. The molecule has 1 aromatic carbocycles. The van der Waals surface area contributed by atoms with Gasteiger partial charge in [0.2, 0.25) is 0 Å². The summed E-state index contributed by atoms with van der Waals surface area (Å²) in [4.78, 5) is 1.29. The van der Waals surface area contributed by atoms with E-state index in [2.05, 4.69) is 37.4 Å². The number of aliphatic hydroxyl groups is 1. The topological polar surface area (TPSA) is 46.2 Å². The van der Waals surface area contributed by atoms with Crippen LogP contribution in [0.4, 0.5) is 0 Å². The maximum Gasteiger partial charge on any atom is 0.0474 e. The molecule has 1 aromatic rings. The van der Waals surface area contributed by atoms with Crippen molar-refractivity contribution in [1.29, 1.82) is 0 Å². The Morgan fingerprint density at radius 1 is 1.31 bits per heavy atom. The molecule has 0 saturated carbocycles. The molecule has 0 heterocycles. The number of aliphatic hydroxyl groups excluding tert-OH is 1. The second-order valence-electron chi connectivity index (χ2n) is 4.21. The average molecular weight is 239 g/mol. The van der Waals surface area contributed by atoms with Crippen LogP contribution in [0.2, 0.25) is 0 Å². The molecule has 0 amide bonds. The minimum Gasteiger partial charge on any atom is -0.396 e. The Morgan fingerprint density at radius 2 is 1.94 bits per heavy atom. The highest BCUT2D eigenvalue weighted by atomic mass is 32.2. The molecule has 0 radical (unpaired) electrons. The number of hydrogen-bond acceptors (Lipinski definition) is 3. The highest BCUT2D eigenvalue weighted by Gasteiger charge is 2.14. The van der Waals surface area contributed by atoms with Crippen LogP contribution in [0, 0.1) is 11.8 Å². The molecule has 3 heteroatoms. The second-order valence-corrected chi connectivity index (χ2v) is 5.09. The van der Waals surface area contributed by atoms with Crippen LogP contribution in [0.5, 0.6) is 0 Å². The fraction of sp³-hybridized carbons (Fsp3) is 0.538. The van der Waals surface area contributed by atoms with Crippen molar-refractivity contribution in [3.8, 4) is 0 Å². The van der Waals surface area contributed by atoms with Crippen LogP contribution in [-0.2, 0) is 6.42 Å². The molecule has 0 saturated heterocycles. The Morgan fingerprint density at radius 3 is 2.38 bits per heavy atom. The molecular formula is C13H21NOS. The Kier molecular flexibility index (Phi) is 5.88. The van der Waals surface area contributed by atoms with Gasteiger partial charge >= 0.3 is 0 Å². The third kappa shape index (κ3) is 3.81. The van der Waals surface area contributed by atoms with E-state index in [1.54, 1.807) is 11.8 Å². The lowest BCUT2D eigenvalue weighted by Crippen LogP contribution is -2.26. The molecular weight excluding hydrogens is 218 g/mol.